The van der Waals surface area contributed by atoms with Crippen LogP contribution in [0, 0.1) is 0 Å². The highest BCUT2D eigenvalue weighted by Gasteiger charge is 2.24. The second-order valence-electron chi connectivity index (χ2n) is 2.53. The molecule has 0 aliphatic rings. The second-order valence-corrected chi connectivity index (χ2v) is 2.53. The molecule has 0 saturated heterocycles. The molecule has 70 valence electrons. The molecular formula is C8H15NO3. The molecule has 4 nitrogen and oxygen atoms in total. The van der Waals surface area contributed by atoms with Gasteiger partial charge in [0.1, 0.15) is 0 Å². The van der Waals surface area contributed by atoms with Crippen LogP contribution >= 0.6 is 0 Å². The summed E-state index contributed by atoms with van der Waals surface area (Å²) in [6.45, 7) is 0. The fourth-order valence-electron chi connectivity index (χ4n) is 0.608. The maximum absolute atomic E-state index is 10.6. The van der Waals surface area contributed by atoms with E-state index in [0.29, 0.717) is 6.29 Å². The van der Waals surface area contributed by atoms with Gasteiger partial charge in [-0.25, -0.2) is 0 Å². The summed E-state index contributed by atoms with van der Waals surface area (Å²) < 4.78 is 9.77. The lowest BCUT2D eigenvalue weighted by Crippen LogP contribution is -2.33. The molecule has 0 aromatic rings. The number of carbonyl (C=O) groups excluding carboxylic acids is 1. The van der Waals surface area contributed by atoms with E-state index in [1.165, 1.54) is 14.2 Å². The van der Waals surface area contributed by atoms with Crippen LogP contribution in [0.5, 0.6) is 0 Å². The molecule has 0 aliphatic carbocycles. The first-order valence-corrected chi connectivity index (χ1v) is 3.52. The smallest absolute Gasteiger partial charge is 0.247 e. The maximum atomic E-state index is 10.6. The average Bonchev–Trinajstić information content (AvgIpc) is 2.08. The molecular weight excluding hydrogens is 158 g/mol. The van der Waals surface area contributed by atoms with Gasteiger partial charge in [-0.05, 0) is 6.08 Å². The van der Waals surface area contributed by atoms with Gasteiger partial charge in [-0.15, -0.1) is 0 Å². The number of methoxy groups -OCH3 is 2. The lowest BCUT2D eigenvalue weighted by atomic mass is 10.3. The van der Waals surface area contributed by atoms with Crippen molar-refractivity contribution in [1.82, 2.24) is 4.90 Å². The molecule has 0 aliphatic heterocycles. The van der Waals surface area contributed by atoms with E-state index in [-0.39, 0.29) is 0 Å². The minimum absolute atomic E-state index is 0.604. The predicted molar refractivity (Wildman–Crippen MR) is 45.6 cm³/mol. The van der Waals surface area contributed by atoms with Crippen LogP contribution in [0.15, 0.2) is 12.3 Å². The van der Waals surface area contributed by atoms with Gasteiger partial charge in [-0.2, -0.15) is 0 Å². The summed E-state index contributed by atoms with van der Waals surface area (Å²) >= 11 is 0. The summed E-state index contributed by atoms with van der Waals surface area (Å²) in [5, 5.41) is 0. The van der Waals surface area contributed by atoms with Crippen molar-refractivity contribution in [3.05, 3.63) is 12.3 Å². The Bertz CT molecular complexity index is 162. The van der Waals surface area contributed by atoms with Gasteiger partial charge in [0.25, 0.3) is 0 Å². The van der Waals surface area contributed by atoms with Gasteiger partial charge in [-0.3, -0.25) is 4.79 Å². The van der Waals surface area contributed by atoms with E-state index in [1.807, 2.05) is 14.1 Å². The molecule has 12 heavy (non-hydrogen) atoms. The first-order valence-electron chi connectivity index (χ1n) is 3.52. The summed E-state index contributed by atoms with van der Waals surface area (Å²) in [6, 6.07) is 0. The van der Waals surface area contributed by atoms with Crippen LogP contribution in [-0.2, 0) is 14.3 Å². The zero-order valence-corrected chi connectivity index (χ0v) is 7.90. The van der Waals surface area contributed by atoms with Crippen LogP contribution in [0.25, 0.3) is 0 Å². The van der Waals surface area contributed by atoms with Crippen molar-refractivity contribution in [2.24, 2.45) is 0 Å². The van der Waals surface area contributed by atoms with Crippen molar-refractivity contribution < 1.29 is 14.3 Å². The minimum atomic E-state index is -1.25. The quantitative estimate of drug-likeness (QED) is 0.441. The third-order valence-electron chi connectivity index (χ3n) is 1.41. The van der Waals surface area contributed by atoms with Crippen LogP contribution < -0.4 is 0 Å². The Hall–Kier alpha value is -0.870. The highest BCUT2D eigenvalue weighted by Crippen LogP contribution is 2.09. The summed E-state index contributed by atoms with van der Waals surface area (Å²) in [6.07, 6.45) is 3.84. The number of nitrogens with zero attached hydrogens (tertiary/aromatic N) is 1. The second kappa shape index (κ2) is 4.90. The van der Waals surface area contributed by atoms with Gasteiger partial charge in [0, 0.05) is 34.5 Å². The molecule has 0 aromatic heterocycles. The molecule has 0 bridgehead atoms. The molecule has 0 radical (unpaired) electrons. The Labute approximate surface area is 72.8 Å². The predicted octanol–water partition coefficient (Wildman–Crippen LogP) is 0.250. The molecule has 0 heterocycles. The van der Waals surface area contributed by atoms with Crippen molar-refractivity contribution in [2.45, 2.75) is 5.79 Å². The zero-order valence-electron chi connectivity index (χ0n) is 7.90. The number of ether oxygens (including phenoxy) is 2. The van der Waals surface area contributed by atoms with E-state index in [0.717, 1.165) is 0 Å². The summed E-state index contributed by atoms with van der Waals surface area (Å²) in [7, 11) is 6.52. The molecule has 0 N–H and O–H groups in total. The van der Waals surface area contributed by atoms with Gasteiger partial charge in [0.15, 0.2) is 6.29 Å². The molecule has 0 unspecified atom stereocenters. The van der Waals surface area contributed by atoms with E-state index in [4.69, 9.17) is 9.47 Å². The molecule has 0 spiro atoms. The lowest BCUT2D eigenvalue weighted by Gasteiger charge is -2.20. The Balaban J connectivity index is 4.39. The number of hydrogen-bond donors (Lipinski definition) is 0. The molecule has 0 rings (SSSR count). The standard InChI is InChI=1S/C8H15NO3/c1-9(2)6-5-8(7-10,11-3)12-4/h5-7H,1-4H3. The van der Waals surface area contributed by atoms with Crippen LogP contribution in [0.3, 0.4) is 0 Å². The van der Waals surface area contributed by atoms with E-state index in [9.17, 15) is 4.79 Å². The maximum Gasteiger partial charge on any atom is 0.247 e. The highest BCUT2D eigenvalue weighted by atomic mass is 16.7. The fraction of sp³-hybridized carbons (Fsp3) is 0.625. The van der Waals surface area contributed by atoms with Gasteiger partial charge < -0.3 is 14.4 Å². The number of hydrogen-bond acceptors (Lipinski definition) is 4. The average molecular weight is 173 g/mol. The molecule has 0 aromatic carbocycles. The third-order valence-corrected chi connectivity index (χ3v) is 1.41. The van der Waals surface area contributed by atoms with Gasteiger partial charge in [0.2, 0.25) is 5.79 Å². The monoisotopic (exact) mass is 173 g/mol. The topological polar surface area (TPSA) is 38.8 Å². The summed E-state index contributed by atoms with van der Waals surface area (Å²) in [4.78, 5) is 12.4. The van der Waals surface area contributed by atoms with Gasteiger partial charge in [0.05, 0.1) is 0 Å². The van der Waals surface area contributed by atoms with Crippen LogP contribution in [-0.4, -0.2) is 45.3 Å². The Morgan fingerprint density at radius 1 is 1.25 bits per heavy atom. The van der Waals surface area contributed by atoms with Crippen molar-refractivity contribution in [1.29, 1.82) is 0 Å². The Morgan fingerprint density at radius 2 is 1.75 bits per heavy atom. The van der Waals surface area contributed by atoms with Crippen LogP contribution in [0.1, 0.15) is 0 Å². The third kappa shape index (κ3) is 3.02. The SMILES string of the molecule is COC(C=O)(C=CN(C)C)OC. The Morgan fingerprint density at radius 3 is 2.00 bits per heavy atom. The fourth-order valence-corrected chi connectivity index (χ4v) is 0.608. The van der Waals surface area contributed by atoms with Gasteiger partial charge in [-0.1, -0.05) is 0 Å². The number of rotatable bonds is 5. The Kier molecular flexibility index (Phi) is 4.54. The molecule has 0 saturated carbocycles. The molecule has 4 heteroatoms. The van der Waals surface area contributed by atoms with E-state index >= 15 is 0 Å². The highest BCUT2D eigenvalue weighted by molar-refractivity contribution is 5.63. The van der Waals surface area contributed by atoms with Crippen LogP contribution in [0.2, 0.25) is 0 Å². The van der Waals surface area contributed by atoms with Crippen molar-refractivity contribution in [3.8, 4) is 0 Å². The largest absolute Gasteiger partial charge is 0.384 e. The molecule has 0 fully saturated rings. The van der Waals surface area contributed by atoms with Crippen molar-refractivity contribution in [2.75, 3.05) is 28.3 Å². The first-order chi connectivity index (χ1) is 5.60. The summed E-state index contributed by atoms with van der Waals surface area (Å²) in [5.74, 6) is -1.25. The number of aldehydes is 1. The van der Waals surface area contributed by atoms with E-state index in [1.54, 1.807) is 17.2 Å². The van der Waals surface area contributed by atoms with Crippen LogP contribution in [0.4, 0.5) is 0 Å². The molecule has 0 amide bonds. The lowest BCUT2D eigenvalue weighted by molar-refractivity contribution is -0.173. The minimum Gasteiger partial charge on any atom is -0.384 e. The zero-order chi connectivity index (χ0) is 9.61. The van der Waals surface area contributed by atoms with E-state index < -0.39 is 5.79 Å². The van der Waals surface area contributed by atoms with Crippen molar-refractivity contribution >= 4 is 6.29 Å². The van der Waals surface area contributed by atoms with Gasteiger partial charge >= 0.3 is 0 Å². The van der Waals surface area contributed by atoms with E-state index in [2.05, 4.69) is 0 Å². The first kappa shape index (κ1) is 11.1. The van der Waals surface area contributed by atoms with Crippen molar-refractivity contribution in [3.63, 3.8) is 0 Å². The normalized spacial score (nSPS) is 12.0. The summed E-state index contributed by atoms with van der Waals surface area (Å²) in [5.41, 5.74) is 0. The number of carbonyl (C=O) groups is 1. The molecule has 0 atom stereocenters.